The SMILES string of the molecule is c1ccc(N(c2cccc(S(c3ccccc3)(c3ccccc3)c3ccccc3)c2)c2cccc3ccc4c5ccccc5ccc4c23)cc1. The predicted octanol–water partition coefficient (Wildman–Crippen LogP) is 14.0. The molecule has 0 saturated heterocycles. The number of fused-ring (bicyclic) bond motifs is 5. The summed E-state index contributed by atoms with van der Waals surface area (Å²) in [6.45, 7) is 0. The van der Waals surface area contributed by atoms with Crippen molar-refractivity contribution in [3.05, 3.63) is 212 Å². The van der Waals surface area contributed by atoms with Crippen LogP contribution in [0.4, 0.5) is 17.1 Å². The summed E-state index contributed by atoms with van der Waals surface area (Å²) < 4.78 is 0. The van der Waals surface area contributed by atoms with Gasteiger partial charge in [-0.15, -0.1) is 10.0 Å². The largest absolute Gasteiger partial charge is 0.310 e. The van der Waals surface area contributed by atoms with Crippen LogP contribution in [0.3, 0.4) is 0 Å². The van der Waals surface area contributed by atoms with Crippen molar-refractivity contribution < 1.29 is 0 Å². The molecule has 0 aliphatic carbocycles. The van der Waals surface area contributed by atoms with Crippen molar-refractivity contribution >= 4 is 59.4 Å². The lowest BCUT2D eigenvalue weighted by Gasteiger charge is -2.42. The molecule has 0 bridgehead atoms. The van der Waals surface area contributed by atoms with Gasteiger partial charge in [0.05, 0.1) is 5.69 Å². The Bertz CT molecular complexity index is 2490. The smallest absolute Gasteiger partial charge is 0.0546 e. The maximum Gasteiger partial charge on any atom is 0.0546 e. The van der Waals surface area contributed by atoms with Crippen molar-refractivity contribution in [3.63, 3.8) is 0 Å². The average molecular weight is 658 g/mol. The molecule has 0 radical (unpaired) electrons. The fourth-order valence-corrected chi connectivity index (χ4v) is 11.5. The van der Waals surface area contributed by atoms with E-state index in [2.05, 4.69) is 217 Å². The lowest BCUT2D eigenvalue weighted by atomic mass is 9.95. The fourth-order valence-electron chi connectivity index (χ4n) is 7.55. The molecule has 9 rings (SSSR count). The van der Waals surface area contributed by atoms with E-state index < -0.39 is 10.0 Å². The van der Waals surface area contributed by atoms with Crippen LogP contribution in [0, 0.1) is 0 Å². The molecule has 0 fully saturated rings. The van der Waals surface area contributed by atoms with Crippen molar-refractivity contribution in [3.8, 4) is 0 Å². The number of nitrogens with zero attached hydrogens (tertiary/aromatic N) is 1. The summed E-state index contributed by atoms with van der Waals surface area (Å²) in [4.78, 5) is 7.66. The second-order valence-electron chi connectivity index (χ2n) is 12.5. The normalized spacial score (nSPS) is 11.9. The molecule has 0 atom stereocenters. The van der Waals surface area contributed by atoms with Gasteiger partial charge in [0.25, 0.3) is 0 Å². The second-order valence-corrected chi connectivity index (χ2v) is 15.7. The highest BCUT2D eigenvalue weighted by Gasteiger charge is 2.33. The molecule has 2 heteroatoms. The molecule has 0 heterocycles. The lowest BCUT2D eigenvalue weighted by Crippen LogP contribution is -2.12. The third-order valence-corrected chi connectivity index (χ3v) is 13.6. The van der Waals surface area contributed by atoms with Gasteiger partial charge in [0, 0.05) is 36.3 Å². The number of rotatable bonds is 7. The summed E-state index contributed by atoms with van der Waals surface area (Å²) >= 11 is 0. The highest BCUT2D eigenvalue weighted by molar-refractivity contribution is 8.34. The van der Waals surface area contributed by atoms with Crippen molar-refractivity contribution in [2.45, 2.75) is 19.6 Å². The van der Waals surface area contributed by atoms with Crippen LogP contribution in [0.1, 0.15) is 0 Å². The van der Waals surface area contributed by atoms with E-state index in [1.54, 1.807) is 0 Å². The van der Waals surface area contributed by atoms with Crippen LogP contribution in [0.15, 0.2) is 232 Å². The van der Waals surface area contributed by atoms with E-state index in [1.807, 2.05) is 0 Å². The minimum Gasteiger partial charge on any atom is -0.310 e. The van der Waals surface area contributed by atoms with Gasteiger partial charge in [0.1, 0.15) is 0 Å². The second kappa shape index (κ2) is 12.7. The van der Waals surface area contributed by atoms with E-state index in [1.165, 1.54) is 51.9 Å². The van der Waals surface area contributed by atoms with Gasteiger partial charge in [-0.1, -0.05) is 140 Å². The Labute approximate surface area is 295 Å². The van der Waals surface area contributed by atoms with Gasteiger partial charge in [-0.05, 0) is 99.7 Å². The van der Waals surface area contributed by atoms with Gasteiger partial charge in [0.15, 0.2) is 0 Å². The Kier molecular flexibility index (Phi) is 7.65. The standard InChI is InChI=1S/C48H35NS/c1-5-19-38(20-6-1)49(47-30-15-18-37-32-33-45-44-29-14-13-17-36(44)31-34-46(45)48(37)47)39-21-16-28-43(35-39)50(40-22-7-2-8-23-40,41-24-9-3-10-25-41)42-26-11-4-12-27-42/h1-35H. The molecule has 0 amide bonds. The van der Waals surface area contributed by atoms with Crippen LogP contribution in [-0.2, 0) is 0 Å². The zero-order valence-corrected chi connectivity index (χ0v) is 28.4. The minimum atomic E-state index is -1.86. The summed E-state index contributed by atoms with van der Waals surface area (Å²) in [5.41, 5.74) is 3.40. The van der Waals surface area contributed by atoms with E-state index in [-0.39, 0.29) is 0 Å². The Morgan fingerprint density at radius 2 is 0.780 bits per heavy atom. The molecule has 0 spiro atoms. The van der Waals surface area contributed by atoms with Crippen molar-refractivity contribution in [1.82, 2.24) is 0 Å². The van der Waals surface area contributed by atoms with Gasteiger partial charge < -0.3 is 4.90 Å². The maximum atomic E-state index is 2.45. The summed E-state index contributed by atoms with van der Waals surface area (Å²) in [6, 6.07) is 77.8. The van der Waals surface area contributed by atoms with Crippen LogP contribution in [-0.4, -0.2) is 0 Å². The molecule has 0 saturated carbocycles. The van der Waals surface area contributed by atoms with Crippen LogP contribution in [0.25, 0.3) is 32.3 Å². The molecule has 0 N–H and O–H groups in total. The van der Waals surface area contributed by atoms with Gasteiger partial charge in [0.2, 0.25) is 0 Å². The van der Waals surface area contributed by atoms with Crippen LogP contribution < -0.4 is 4.90 Å². The molecular weight excluding hydrogens is 623 g/mol. The molecule has 1 nitrogen and oxygen atoms in total. The first kappa shape index (κ1) is 30.0. The number of hydrogen-bond acceptors (Lipinski definition) is 1. The van der Waals surface area contributed by atoms with E-state index >= 15 is 0 Å². The molecular formula is C48H35NS. The lowest BCUT2D eigenvalue weighted by molar-refractivity contribution is 1.22. The molecule has 238 valence electrons. The quantitative estimate of drug-likeness (QED) is 0.154. The van der Waals surface area contributed by atoms with Gasteiger partial charge in [-0.25, -0.2) is 0 Å². The Morgan fingerprint density at radius 3 is 1.44 bits per heavy atom. The molecule has 9 aromatic carbocycles. The highest BCUT2D eigenvalue weighted by Crippen LogP contribution is 2.73. The molecule has 0 aromatic heterocycles. The average Bonchev–Trinajstić information content (AvgIpc) is 3.20. The maximum absolute atomic E-state index is 2.45. The van der Waals surface area contributed by atoms with E-state index in [0.29, 0.717) is 0 Å². The Hall–Kier alpha value is -6.09. The highest BCUT2D eigenvalue weighted by atomic mass is 32.3. The van der Waals surface area contributed by atoms with Gasteiger partial charge >= 0.3 is 0 Å². The zero-order valence-electron chi connectivity index (χ0n) is 27.6. The summed E-state index contributed by atoms with van der Waals surface area (Å²) in [5, 5.41) is 7.53. The molecule has 0 aliphatic heterocycles. The number of anilines is 3. The Balaban J connectivity index is 1.35. The number of para-hydroxylation sites is 1. The minimum absolute atomic E-state index is 1.12. The third-order valence-electron chi connectivity index (χ3n) is 9.72. The molecule has 0 aliphatic rings. The van der Waals surface area contributed by atoms with Crippen LogP contribution in [0.5, 0.6) is 0 Å². The first-order chi connectivity index (χ1) is 24.8. The number of hydrogen-bond donors (Lipinski definition) is 0. The van der Waals surface area contributed by atoms with E-state index in [0.717, 1.165) is 17.1 Å². The van der Waals surface area contributed by atoms with Crippen LogP contribution in [0.2, 0.25) is 0 Å². The van der Waals surface area contributed by atoms with Crippen LogP contribution >= 0.6 is 10.0 Å². The Morgan fingerprint density at radius 1 is 0.300 bits per heavy atom. The molecule has 0 unspecified atom stereocenters. The van der Waals surface area contributed by atoms with Crippen molar-refractivity contribution in [2.24, 2.45) is 0 Å². The fraction of sp³-hybridized carbons (Fsp3) is 0. The predicted molar refractivity (Wildman–Crippen MR) is 214 cm³/mol. The monoisotopic (exact) mass is 657 g/mol. The van der Waals surface area contributed by atoms with Gasteiger partial charge in [-0.3, -0.25) is 0 Å². The van der Waals surface area contributed by atoms with Crippen molar-refractivity contribution in [1.29, 1.82) is 0 Å². The van der Waals surface area contributed by atoms with Gasteiger partial charge in [-0.2, -0.15) is 0 Å². The summed E-state index contributed by atoms with van der Waals surface area (Å²) in [5.74, 6) is 0. The topological polar surface area (TPSA) is 3.24 Å². The molecule has 9 aromatic rings. The summed E-state index contributed by atoms with van der Waals surface area (Å²) in [6.07, 6.45) is 0. The first-order valence-electron chi connectivity index (χ1n) is 17.1. The van der Waals surface area contributed by atoms with Crippen molar-refractivity contribution in [2.75, 3.05) is 4.90 Å². The zero-order chi connectivity index (χ0) is 33.3. The first-order valence-corrected chi connectivity index (χ1v) is 18.7. The summed E-state index contributed by atoms with van der Waals surface area (Å²) in [7, 11) is -1.86. The number of benzene rings is 9. The van der Waals surface area contributed by atoms with E-state index in [4.69, 9.17) is 0 Å². The third kappa shape index (κ3) is 4.96. The molecule has 50 heavy (non-hydrogen) atoms. The van der Waals surface area contributed by atoms with E-state index in [9.17, 15) is 0 Å².